The number of hydrogen-bond donors (Lipinski definition) is 0. The lowest BCUT2D eigenvalue weighted by molar-refractivity contribution is 0.431. The minimum atomic E-state index is -3.68. The molecule has 14 heavy (non-hydrogen) atoms. The minimum Gasteiger partial charge on any atom is -0.211 e. The van der Waals surface area contributed by atoms with Gasteiger partial charge in [0, 0.05) is 16.1 Å². The summed E-state index contributed by atoms with van der Waals surface area (Å²) in [4.78, 5) is 0. The van der Waals surface area contributed by atoms with E-state index >= 15 is 0 Å². The summed E-state index contributed by atoms with van der Waals surface area (Å²) in [6, 6.07) is 0. The molecule has 0 amide bonds. The van der Waals surface area contributed by atoms with Crippen LogP contribution in [0, 0.1) is 5.41 Å². The summed E-state index contributed by atoms with van der Waals surface area (Å²) in [5, 5.41) is 0. The molecule has 1 rings (SSSR count). The SMILES string of the molecule is C=C[C@]1(C)C=CC=C[C@@]1(C)S(=O)(=O)Cl. The Balaban J connectivity index is 3.42. The Morgan fingerprint density at radius 1 is 1.29 bits per heavy atom. The molecular weight excluding hydrogens is 220 g/mol. The minimum absolute atomic E-state index is 0.664. The quantitative estimate of drug-likeness (QED) is 0.542. The number of hydrogen-bond acceptors (Lipinski definition) is 2. The molecule has 0 bridgehead atoms. The fourth-order valence-corrected chi connectivity index (χ4v) is 3.03. The van der Waals surface area contributed by atoms with Crippen molar-refractivity contribution in [3.8, 4) is 0 Å². The Morgan fingerprint density at radius 2 is 1.79 bits per heavy atom. The van der Waals surface area contributed by atoms with Crippen molar-refractivity contribution in [1.29, 1.82) is 0 Å². The first kappa shape index (κ1) is 11.5. The van der Waals surface area contributed by atoms with Crippen LogP contribution in [0.15, 0.2) is 37.0 Å². The molecule has 0 aromatic heterocycles. The second-order valence-corrected chi connectivity index (χ2v) is 6.69. The van der Waals surface area contributed by atoms with Crippen molar-refractivity contribution >= 4 is 19.7 Å². The van der Waals surface area contributed by atoms with Crippen LogP contribution in [0.2, 0.25) is 0 Å². The highest BCUT2D eigenvalue weighted by atomic mass is 35.7. The molecule has 2 nitrogen and oxygen atoms in total. The van der Waals surface area contributed by atoms with Crippen molar-refractivity contribution in [1.82, 2.24) is 0 Å². The maximum absolute atomic E-state index is 11.5. The molecule has 0 aliphatic heterocycles. The van der Waals surface area contributed by atoms with Crippen molar-refractivity contribution in [2.45, 2.75) is 18.6 Å². The maximum Gasteiger partial charge on any atom is 0.242 e. The van der Waals surface area contributed by atoms with Crippen molar-refractivity contribution in [3.05, 3.63) is 37.0 Å². The normalized spacial score (nSPS) is 37.1. The van der Waals surface area contributed by atoms with Gasteiger partial charge in [0.1, 0.15) is 4.75 Å². The number of halogens is 1. The maximum atomic E-state index is 11.5. The van der Waals surface area contributed by atoms with E-state index in [0.29, 0.717) is 0 Å². The molecule has 1 aliphatic carbocycles. The highest BCUT2D eigenvalue weighted by Gasteiger charge is 2.49. The van der Waals surface area contributed by atoms with Crippen molar-refractivity contribution < 1.29 is 8.42 Å². The van der Waals surface area contributed by atoms with E-state index in [9.17, 15) is 8.42 Å². The van der Waals surface area contributed by atoms with Gasteiger partial charge in [-0.1, -0.05) is 37.3 Å². The molecule has 2 atom stereocenters. The topological polar surface area (TPSA) is 34.1 Å². The van der Waals surface area contributed by atoms with E-state index in [2.05, 4.69) is 6.58 Å². The Bertz CT molecular complexity index is 408. The van der Waals surface area contributed by atoms with Crippen LogP contribution in [0.1, 0.15) is 13.8 Å². The summed E-state index contributed by atoms with van der Waals surface area (Å²) in [6.45, 7) is 7.04. The summed E-state index contributed by atoms with van der Waals surface area (Å²) < 4.78 is 21.9. The monoisotopic (exact) mass is 232 g/mol. The fourth-order valence-electron chi connectivity index (χ4n) is 1.45. The van der Waals surface area contributed by atoms with Crippen LogP contribution >= 0.6 is 10.7 Å². The third-order valence-corrected chi connectivity index (χ3v) is 5.52. The zero-order valence-corrected chi connectivity index (χ0v) is 9.77. The van der Waals surface area contributed by atoms with E-state index in [1.165, 1.54) is 0 Å². The van der Waals surface area contributed by atoms with Gasteiger partial charge in [-0.2, -0.15) is 0 Å². The summed E-state index contributed by atoms with van der Waals surface area (Å²) in [5.74, 6) is 0. The molecule has 0 spiro atoms. The Labute approximate surface area is 89.4 Å². The molecule has 0 N–H and O–H groups in total. The smallest absolute Gasteiger partial charge is 0.211 e. The molecule has 0 aromatic rings. The van der Waals surface area contributed by atoms with Crippen LogP contribution in [0.4, 0.5) is 0 Å². The van der Waals surface area contributed by atoms with Crippen LogP contribution in [-0.2, 0) is 9.05 Å². The van der Waals surface area contributed by atoms with Gasteiger partial charge in [0.25, 0.3) is 0 Å². The van der Waals surface area contributed by atoms with Gasteiger partial charge in [-0.3, -0.25) is 0 Å². The van der Waals surface area contributed by atoms with Gasteiger partial charge in [-0.15, -0.1) is 6.58 Å². The number of rotatable bonds is 2. The standard InChI is InChI=1S/C10H13ClO2S/c1-4-9(2)7-5-6-8-10(9,3)14(11,12)13/h4-8H,1H2,2-3H3/t9-,10-/m1/s1. The van der Waals surface area contributed by atoms with Crippen LogP contribution < -0.4 is 0 Å². The molecule has 0 heterocycles. The summed E-state index contributed by atoms with van der Waals surface area (Å²) in [5.41, 5.74) is -0.664. The molecule has 0 saturated carbocycles. The van der Waals surface area contributed by atoms with E-state index in [-0.39, 0.29) is 0 Å². The average molecular weight is 233 g/mol. The third-order valence-electron chi connectivity index (χ3n) is 2.97. The summed E-state index contributed by atoms with van der Waals surface area (Å²) in [6.07, 6.45) is 8.47. The van der Waals surface area contributed by atoms with Gasteiger partial charge >= 0.3 is 0 Å². The van der Waals surface area contributed by atoms with Crippen molar-refractivity contribution in [3.63, 3.8) is 0 Å². The third kappa shape index (κ3) is 1.44. The predicted molar refractivity (Wildman–Crippen MR) is 59.8 cm³/mol. The van der Waals surface area contributed by atoms with E-state index in [0.717, 1.165) is 0 Å². The lowest BCUT2D eigenvalue weighted by Crippen LogP contribution is -2.45. The van der Waals surface area contributed by atoms with Crippen molar-refractivity contribution in [2.75, 3.05) is 0 Å². The molecule has 0 radical (unpaired) electrons. The lowest BCUT2D eigenvalue weighted by atomic mass is 9.75. The highest BCUT2D eigenvalue weighted by Crippen LogP contribution is 2.44. The van der Waals surface area contributed by atoms with E-state index < -0.39 is 19.2 Å². The first-order chi connectivity index (χ1) is 6.27. The summed E-state index contributed by atoms with van der Waals surface area (Å²) in [7, 11) is 1.77. The van der Waals surface area contributed by atoms with E-state index in [1.54, 1.807) is 44.2 Å². The van der Waals surface area contributed by atoms with Crippen LogP contribution in [-0.4, -0.2) is 13.2 Å². The molecule has 4 heteroatoms. The molecular formula is C10H13ClO2S. The molecule has 0 aromatic carbocycles. The zero-order valence-electron chi connectivity index (χ0n) is 8.20. The summed E-state index contributed by atoms with van der Waals surface area (Å²) >= 11 is 0. The second kappa shape index (κ2) is 3.24. The fraction of sp³-hybridized carbons (Fsp3) is 0.400. The Hall–Kier alpha value is -0.540. The molecule has 78 valence electrons. The van der Waals surface area contributed by atoms with Gasteiger partial charge in [-0.25, -0.2) is 8.42 Å². The number of allylic oxidation sites excluding steroid dienone is 4. The largest absolute Gasteiger partial charge is 0.242 e. The van der Waals surface area contributed by atoms with Gasteiger partial charge < -0.3 is 0 Å². The van der Waals surface area contributed by atoms with Crippen molar-refractivity contribution in [2.24, 2.45) is 5.41 Å². The first-order valence-corrected chi connectivity index (χ1v) is 6.53. The first-order valence-electron chi connectivity index (χ1n) is 4.22. The lowest BCUT2D eigenvalue weighted by Gasteiger charge is -2.39. The average Bonchev–Trinajstić information content (AvgIpc) is 2.08. The molecule has 1 aliphatic rings. The molecule has 0 fully saturated rings. The van der Waals surface area contributed by atoms with E-state index in [4.69, 9.17) is 10.7 Å². The second-order valence-electron chi connectivity index (χ2n) is 3.75. The Kier molecular flexibility index (Phi) is 2.67. The molecule has 0 unspecified atom stereocenters. The van der Waals surface area contributed by atoms with Gasteiger partial charge in [0.05, 0.1) is 0 Å². The van der Waals surface area contributed by atoms with Crippen LogP contribution in [0.3, 0.4) is 0 Å². The van der Waals surface area contributed by atoms with Gasteiger partial charge in [-0.05, 0) is 6.92 Å². The highest BCUT2D eigenvalue weighted by molar-refractivity contribution is 8.15. The van der Waals surface area contributed by atoms with Gasteiger partial charge in [0.15, 0.2) is 0 Å². The van der Waals surface area contributed by atoms with Crippen LogP contribution in [0.5, 0.6) is 0 Å². The van der Waals surface area contributed by atoms with E-state index in [1.807, 2.05) is 0 Å². The Morgan fingerprint density at radius 3 is 2.14 bits per heavy atom. The predicted octanol–water partition coefficient (Wildman–Crippen LogP) is 2.63. The molecule has 0 saturated heterocycles. The zero-order chi connectivity index (χ0) is 11.0. The van der Waals surface area contributed by atoms with Crippen LogP contribution in [0.25, 0.3) is 0 Å². The van der Waals surface area contributed by atoms with Gasteiger partial charge in [0.2, 0.25) is 9.05 Å².